The number of Topliss-reactive ketones (excluding diaryl/α,β-unsaturated/α-hetero) is 3. The smallest absolute Gasteiger partial charge is 0.407 e. The molecule has 36 nitrogen and oxygen atoms in total. The van der Waals surface area contributed by atoms with Gasteiger partial charge in [-0.3, -0.25) is 43.6 Å². The second-order valence-corrected chi connectivity index (χ2v) is 36.8. The van der Waals surface area contributed by atoms with Crippen LogP contribution in [-0.4, -0.2) is 282 Å². The van der Waals surface area contributed by atoms with Crippen LogP contribution in [0.25, 0.3) is 22.1 Å². The van der Waals surface area contributed by atoms with Crippen molar-refractivity contribution in [2.24, 2.45) is 11.3 Å². The number of aromatic amines is 2. The van der Waals surface area contributed by atoms with E-state index < -0.39 is 113 Å². The minimum absolute atomic E-state index is 0.0370. The number of carbonyl (C=O) groups is 6. The number of ketones is 3. The van der Waals surface area contributed by atoms with Crippen LogP contribution in [0, 0.1) is 11.3 Å². The molecule has 3 aromatic carbocycles. The number of fused-ring (bicyclic) bond motifs is 7. The number of H-pyrrole nitrogens is 2. The number of nitrogens with two attached hydrogens (primary N) is 1. The monoisotopic (exact) mass is 1810 g/mol. The van der Waals surface area contributed by atoms with Gasteiger partial charge >= 0.3 is 24.5 Å². The molecule has 7 aliphatic rings. The molecule has 1 saturated carbocycles. The van der Waals surface area contributed by atoms with E-state index in [-0.39, 0.29) is 110 Å². The van der Waals surface area contributed by atoms with Gasteiger partial charge in [-0.1, -0.05) is 116 Å². The Labute approximate surface area is 748 Å². The van der Waals surface area contributed by atoms with Gasteiger partial charge in [-0.05, 0) is 132 Å². The van der Waals surface area contributed by atoms with Crippen molar-refractivity contribution in [3.8, 4) is 5.75 Å². The van der Waals surface area contributed by atoms with Gasteiger partial charge in [0.05, 0.1) is 43.8 Å². The van der Waals surface area contributed by atoms with Gasteiger partial charge in [0.25, 0.3) is 5.56 Å². The van der Waals surface area contributed by atoms with Gasteiger partial charge in [-0.15, -0.1) is 0 Å². The van der Waals surface area contributed by atoms with E-state index in [2.05, 4.69) is 101 Å². The number of nitrogen functional groups attached to an aromatic ring is 1. The molecular formula is C90H118N12O24S2. The van der Waals surface area contributed by atoms with E-state index in [0.29, 0.717) is 125 Å². The van der Waals surface area contributed by atoms with Crippen LogP contribution in [0.3, 0.4) is 0 Å². The number of aliphatic hydroxyl groups is 7. The summed E-state index contributed by atoms with van der Waals surface area (Å²) in [4.78, 5) is 170. The summed E-state index contributed by atoms with van der Waals surface area (Å²) < 4.78 is 23.1. The third-order valence-corrected chi connectivity index (χ3v) is 28.7. The second kappa shape index (κ2) is 46.1. The molecule has 6 aromatic rings. The zero-order chi connectivity index (χ0) is 92.7. The van der Waals surface area contributed by atoms with E-state index >= 15 is 4.79 Å². The van der Waals surface area contributed by atoms with Crippen molar-refractivity contribution >= 4 is 109 Å². The number of benzene rings is 3. The number of carbonyl (C=O) groups excluding carboxylic acids is 12. The van der Waals surface area contributed by atoms with Crippen molar-refractivity contribution in [1.82, 2.24) is 50.7 Å². The number of hydrogen-bond acceptors (Lipinski definition) is 33. The SMILES string of the molecule is CC[C@]1(O)C[C@H]2CN(CCc3c([nH]c4ccccc34)[C@@](C)(c3cc4c(cc3OC)N(C)[C@H]3[C@@](O)(C(=O)CNC(=O)OCCSSCCCC(=O)[C@H](CNC(=O)CCCCCCCCOC5OC(CO)C(O)[C@H](O)[C@H]5O)NC(=O)CCCCC(=O)c5ccc(CCc6cnc7nc(N)[nH]c(=O)c7n6)cc5)[C@H](O)[C@]5(CC)C=CCN6CC[C@]43[C@@H]65)C2)C1.O=C=O.O=C=O.O=C=O. The molecule has 3 amide bonds. The maximum atomic E-state index is 15.4. The lowest BCUT2D eigenvalue weighted by Gasteiger charge is -2.63. The van der Waals surface area contributed by atoms with Crippen molar-refractivity contribution in [3.05, 3.63) is 129 Å². The van der Waals surface area contributed by atoms with Crippen LogP contribution < -0.4 is 36.9 Å². The molecule has 9 heterocycles. The van der Waals surface area contributed by atoms with Gasteiger partial charge in [0.1, 0.15) is 48.9 Å². The highest BCUT2D eigenvalue weighted by molar-refractivity contribution is 8.76. The predicted molar refractivity (Wildman–Crippen MR) is 467 cm³/mol. The number of alkyl carbamates (subject to hydrolysis) is 1. The van der Waals surface area contributed by atoms with Gasteiger partial charge in [-0.25, -0.2) is 14.8 Å². The Bertz CT molecular complexity index is 5010. The van der Waals surface area contributed by atoms with Crippen molar-refractivity contribution in [2.75, 3.05) is 102 Å². The molecule has 1 spiro atoms. The molecule has 694 valence electrons. The molecular weight excluding hydrogens is 1700 g/mol. The second-order valence-electron chi connectivity index (χ2n) is 34.1. The van der Waals surface area contributed by atoms with Gasteiger partial charge in [0.2, 0.25) is 17.8 Å². The molecule has 128 heavy (non-hydrogen) atoms. The molecule has 14 N–H and O–H groups in total. The predicted octanol–water partition coefficient (Wildman–Crippen LogP) is 4.35. The average Bonchev–Trinajstić information content (AvgIpc) is 1.47. The fourth-order valence-corrected chi connectivity index (χ4v) is 22.2. The minimum atomic E-state index is -2.41. The Kier molecular flexibility index (Phi) is 36.2. The number of para-hydroxylation sites is 1. The van der Waals surface area contributed by atoms with E-state index in [1.165, 1.54) is 27.2 Å². The molecule has 4 fully saturated rings. The van der Waals surface area contributed by atoms with Crippen molar-refractivity contribution < 1.29 is 112 Å². The Balaban J connectivity index is 0.00000182. The Morgan fingerprint density at radius 2 is 1.46 bits per heavy atom. The Hall–Kier alpha value is -9.82. The fourth-order valence-electron chi connectivity index (χ4n) is 20.3. The summed E-state index contributed by atoms with van der Waals surface area (Å²) in [5.41, 5.74) is 7.68. The third-order valence-electron chi connectivity index (χ3n) is 26.3. The molecule has 3 saturated heterocycles. The van der Waals surface area contributed by atoms with Crippen LogP contribution in [0.2, 0.25) is 0 Å². The van der Waals surface area contributed by atoms with Crippen LogP contribution in [0.1, 0.15) is 180 Å². The third kappa shape index (κ3) is 22.8. The van der Waals surface area contributed by atoms with Crippen LogP contribution in [0.15, 0.2) is 83.8 Å². The summed E-state index contributed by atoms with van der Waals surface area (Å²) in [6.45, 7) is 8.80. The number of aliphatic hydroxyl groups excluding tert-OH is 5. The van der Waals surface area contributed by atoms with E-state index in [1.54, 1.807) is 25.4 Å². The van der Waals surface area contributed by atoms with Crippen LogP contribution >= 0.6 is 21.6 Å². The van der Waals surface area contributed by atoms with Crippen LogP contribution in [0.4, 0.5) is 16.4 Å². The van der Waals surface area contributed by atoms with Crippen molar-refractivity contribution in [3.63, 3.8) is 0 Å². The van der Waals surface area contributed by atoms with Gasteiger partial charge in [0, 0.05) is 145 Å². The van der Waals surface area contributed by atoms with Crippen molar-refractivity contribution in [1.29, 1.82) is 0 Å². The minimum Gasteiger partial charge on any atom is -0.496 e. The fraction of sp³-hybridized carbons (Fsp3) is 0.589. The summed E-state index contributed by atoms with van der Waals surface area (Å²) in [7, 11) is 6.45. The van der Waals surface area contributed by atoms with E-state index in [0.717, 1.165) is 84.2 Å². The summed E-state index contributed by atoms with van der Waals surface area (Å²) in [6.07, 6.45) is 8.10. The van der Waals surface area contributed by atoms with Gasteiger partial charge < -0.3 is 86.3 Å². The molecule has 6 aliphatic heterocycles. The normalized spacial score (nSPS) is 26.6. The highest BCUT2D eigenvalue weighted by Crippen LogP contribution is 2.68. The van der Waals surface area contributed by atoms with Gasteiger partial charge in [-0.2, -0.15) is 33.8 Å². The Morgan fingerprint density at radius 1 is 0.766 bits per heavy atom. The number of ether oxygens (including phenoxy) is 4. The van der Waals surface area contributed by atoms with Crippen LogP contribution in [-0.2, 0) is 92.2 Å². The zero-order valence-corrected chi connectivity index (χ0v) is 74.4. The lowest BCUT2D eigenvalue weighted by molar-refractivity contribution is -0.301. The number of hydrogen-bond donors (Lipinski definition) is 13. The number of nitrogens with one attached hydrogen (secondary N) is 5. The van der Waals surface area contributed by atoms with Crippen molar-refractivity contribution in [2.45, 2.75) is 233 Å². The maximum Gasteiger partial charge on any atom is 0.407 e. The molecule has 4 unspecified atom stereocenters. The average molecular weight is 1820 g/mol. The first-order valence-corrected chi connectivity index (χ1v) is 46.1. The van der Waals surface area contributed by atoms with E-state index in [1.807, 2.05) is 43.2 Å². The lowest BCUT2D eigenvalue weighted by Crippen LogP contribution is -2.81. The number of aromatic nitrogens is 5. The number of amides is 3. The molecule has 3 aromatic heterocycles. The largest absolute Gasteiger partial charge is 0.496 e. The first kappa shape index (κ1) is 100. The van der Waals surface area contributed by atoms with Gasteiger partial charge in [0.15, 0.2) is 40.4 Å². The number of unbranched alkanes of at least 4 members (excludes halogenated alkanes) is 6. The summed E-state index contributed by atoms with van der Waals surface area (Å²) in [5.74, 6) is -0.199. The lowest BCUT2D eigenvalue weighted by atomic mass is 9.47. The van der Waals surface area contributed by atoms with Crippen LogP contribution in [0.5, 0.6) is 5.75 Å². The molecule has 2 bridgehead atoms. The number of anilines is 2. The summed E-state index contributed by atoms with van der Waals surface area (Å²) >= 11 is 0. The zero-order valence-electron chi connectivity index (χ0n) is 72.8. The Morgan fingerprint density at radius 3 is 2.18 bits per heavy atom. The highest BCUT2D eigenvalue weighted by atomic mass is 33.1. The quantitative estimate of drug-likeness (QED) is 0.0110. The standard InChI is InChI=1S/C87H118N12O18S2.3CO2/c1-6-84(112)45-53-44-83(3,74-57(32-36-98(49-53)51-84)56-20-13-14-21-60(56)94-74)59-42-58-62(43-65(59)114-5)97(4)79-86(58)34-37-99-35-19-33-85(7-2,78(86)99)80(110)87(79,113)67(103)48-91-82(111)116-39-41-119-118-40-18-23-64(102)61(47-89-68(104)24-12-10-8-9-11-17-38-115-77-73(108)72(107)71(106)66(50-100)117-77)93-69(105)25-16-15-22-63(101)54-29-26-52(27-30-54)28-31-55-46-90-75-70(92-55)76(109)96-81(88)95-75;3*2-1-3/h13-14,19-21,26-27,29-30,33,42-43,46,53,61,66,71-73,77-80,94,100,106-108,110,112-113H,6-12,15-18,22-25,28,31-32,34-41,44-45,47-51H2,1-5H3,(H,89,104)(H,91,111)(H,93,105)(H3,88,90,95,96,109);;;/t53-,61-,66?,71?,72-,73+,77?,78-,79+,80+,83+,84-,85+,86+,87-;;;/m0.../s1. The molecule has 38 heteroatoms. The number of likely N-dealkylation sites (N-methyl/N-ethyl adjacent to an activating group) is 1. The highest BCUT2D eigenvalue weighted by Gasteiger charge is 2.78. The number of piperidine rings is 1. The molecule has 13 rings (SSSR count). The maximum absolute atomic E-state index is 15.4. The van der Waals surface area contributed by atoms with E-state index in [4.69, 9.17) is 53.4 Å². The molecule has 16 atom stereocenters. The first-order valence-electron chi connectivity index (χ1n) is 43.6. The molecule has 1 aliphatic carbocycles. The number of nitrogens with zero attached hydrogens (tertiary/aromatic N) is 6. The van der Waals surface area contributed by atoms with E-state index in [9.17, 15) is 64.5 Å². The topological polar surface area (TPSA) is 543 Å². The number of aryl methyl sites for hydroxylation is 2. The summed E-state index contributed by atoms with van der Waals surface area (Å²) in [6, 6.07) is 17.7. The first-order chi connectivity index (χ1) is 61.5. The molecule has 0 radical (unpaired) electrons. The summed E-state index contributed by atoms with van der Waals surface area (Å²) in [5, 5.41) is 88.2. The number of rotatable bonds is 39. The number of methoxy groups -OCH3 is 1.